The first-order valence-corrected chi connectivity index (χ1v) is 11.5. The van der Waals surface area contributed by atoms with E-state index in [4.69, 9.17) is 17.3 Å². The van der Waals surface area contributed by atoms with Crippen LogP contribution < -0.4 is 15.8 Å². The van der Waals surface area contributed by atoms with Crippen LogP contribution in [0, 0.1) is 11.6 Å². The van der Waals surface area contributed by atoms with Crippen LogP contribution >= 0.6 is 11.6 Å². The maximum Gasteiger partial charge on any atom is 0.417 e. The molecular formula is C25H14ClF7N4O3. The molecule has 15 heteroatoms. The van der Waals surface area contributed by atoms with Crippen LogP contribution in [0.1, 0.15) is 43.4 Å². The number of benzene rings is 3. The largest absolute Gasteiger partial charge is 0.417 e. The molecule has 0 saturated carbocycles. The third kappa shape index (κ3) is 4.37. The van der Waals surface area contributed by atoms with E-state index in [9.17, 15) is 40.3 Å². The smallest absolute Gasteiger partial charge is 0.417 e. The second-order valence-corrected chi connectivity index (χ2v) is 9.13. The number of amides is 2. The van der Waals surface area contributed by atoms with Gasteiger partial charge in [-0.1, -0.05) is 11.6 Å². The summed E-state index contributed by atoms with van der Waals surface area (Å²) < 4.78 is 103. The summed E-state index contributed by atoms with van der Waals surface area (Å²) in [5.74, 6) is -5.24. The molecule has 0 saturated heterocycles. The number of hydrogen-bond acceptors (Lipinski definition) is 4. The number of alkyl halides is 5. The number of nitrogens with one attached hydrogen (secondary N) is 1. The molecule has 4 aromatic rings. The van der Waals surface area contributed by atoms with Gasteiger partial charge in [-0.25, -0.2) is 13.5 Å². The van der Waals surface area contributed by atoms with Crippen LogP contribution in [0.25, 0.3) is 22.0 Å². The average Bonchev–Trinajstić information content (AvgIpc) is 3.35. The van der Waals surface area contributed by atoms with Crippen molar-refractivity contribution in [3.63, 3.8) is 0 Å². The summed E-state index contributed by atoms with van der Waals surface area (Å²) in [6, 6.07) is 3.21. The first-order valence-electron chi connectivity index (χ1n) is 11.1. The summed E-state index contributed by atoms with van der Waals surface area (Å²) in [4.78, 5) is 25.6. The predicted octanol–water partition coefficient (Wildman–Crippen LogP) is 5.72. The molecule has 7 nitrogen and oxygen atoms in total. The Kier molecular flexibility index (Phi) is 6.40. The number of carbonyl (C=O) groups is 2. The van der Waals surface area contributed by atoms with Crippen molar-refractivity contribution in [2.45, 2.75) is 18.8 Å². The van der Waals surface area contributed by atoms with Crippen molar-refractivity contribution >= 4 is 34.3 Å². The number of fused-ring (bicyclic) bond motifs is 3. The molecule has 0 radical (unpaired) electrons. The van der Waals surface area contributed by atoms with Crippen molar-refractivity contribution in [3.8, 4) is 17.0 Å². The lowest BCUT2D eigenvalue weighted by molar-refractivity contribution is -0.137. The van der Waals surface area contributed by atoms with Gasteiger partial charge in [0.2, 0.25) is 11.8 Å². The van der Waals surface area contributed by atoms with Gasteiger partial charge in [-0.15, -0.1) is 0 Å². The minimum Gasteiger partial charge on any atom is -0.417 e. The van der Waals surface area contributed by atoms with Gasteiger partial charge >= 0.3 is 12.8 Å². The fourth-order valence-electron chi connectivity index (χ4n) is 4.84. The number of aryl methyl sites for hydroxylation is 1. The molecule has 0 bridgehead atoms. The van der Waals surface area contributed by atoms with E-state index in [2.05, 4.69) is 15.2 Å². The Morgan fingerprint density at radius 1 is 1.12 bits per heavy atom. The van der Waals surface area contributed by atoms with Crippen LogP contribution in [-0.2, 0) is 13.2 Å². The number of aromatic nitrogens is 2. The molecule has 2 heterocycles. The van der Waals surface area contributed by atoms with Gasteiger partial charge in [0.15, 0.2) is 0 Å². The van der Waals surface area contributed by atoms with Crippen molar-refractivity contribution < 1.29 is 45.1 Å². The molecule has 3 N–H and O–H groups in total. The van der Waals surface area contributed by atoms with Gasteiger partial charge in [-0.2, -0.15) is 27.1 Å². The molecule has 0 aliphatic carbocycles. The van der Waals surface area contributed by atoms with E-state index in [-0.39, 0.29) is 38.7 Å². The second kappa shape index (κ2) is 9.40. The van der Waals surface area contributed by atoms with Gasteiger partial charge in [-0.3, -0.25) is 9.59 Å². The topological polar surface area (TPSA) is 99.2 Å². The lowest BCUT2D eigenvalue weighted by atomic mass is 9.84. The highest BCUT2D eigenvalue weighted by Gasteiger charge is 2.42. The van der Waals surface area contributed by atoms with Gasteiger partial charge in [-0.05, 0) is 42.0 Å². The number of primary amides is 1. The summed E-state index contributed by atoms with van der Waals surface area (Å²) in [7, 11) is 1.19. The summed E-state index contributed by atoms with van der Waals surface area (Å²) in [5, 5.41) is 6.13. The summed E-state index contributed by atoms with van der Waals surface area (Å²) in [6.45, 7) is -3.39. The molecule has 1 aromatic heterocycles. The van der Waals surface area contributed by atoms with E-state index in [0.29, 0.717) is 6.07 Å². The first-order chi connectivity index (χ1) is 18.7. The third-order valence-electron chi connectivity index (χ3n) is 6.32. The zero-order valence-corrected chi connectivity index (χ0v) is 20.6. The molecule has 0 spiro atoms. The van der Waals surface area contributed by atoms with Crippen molar-refractivity contribution in [1.82, 2.24) is 15.1 Å². The molecule has 1 atom stereocenters. The van der Waals surface area contributed by atoms with Crippen molar-refractivity contribution in [1.29, 1.82) is 0 Å². The molecular weight excluding hydrogens is 573 g/mol. The van der Waals surface area contributed by atoms with Gasteiger partial charge < -0.3 is 15.8 Å². The number of nitrogens with zero attached hydrogens (tertiary/aromatic N) is 2. The zero-order chi connectivity index (χ0) is 29.3. The van der Waals surface area contributed by atoms with Gasteiger partial charge in [0.25, 0.3) is 5.91 Å². The Hall–Kier alpha value is -4.33. The van der Waals surface area contributed by atoms with Crippen LogP contribution in [0.15, 0.2) is 36.4 Å². The van der Waals surface area contributed by atoms with Crippen molar-refractivity contribution in [2.75, 3.05) is 0 Å². The van der Waals surface area contributed by atoms with Gasteiger partial charge in [0.1, 0.15) is 17.2 Å². The first kappa shape index (κ1) is 27.2. The van der Waals surface area contributed by atoms with E-state index in [1.54, 1.807) is 0 Å². The molecule has 1 unspecified atom stereocenters. The average molecular weight is 587 g/mol. The number of ether oxygens (including phenoxy) is 1. The maximum absolute atomic E-state index is 14.3. The minimum absolute atomic E-state index is 0.0781. The number of hydrogen-bond donors (Lipinski definition) is 2. The summed E-state index contributed by atoms with van der Waals surface area (Å²) >= 11 is 6.26. The lowest BCUT2D eigenvalue weighted by Crippen LogP contribution is -2.21. The normalized spacial score (nSPS) is 15.1. The highest BCUT2D eigenvalue weighted by molar-refractivity contribution is 6.31. The predicted molar refractivity (Wildman–Crippen MR) is 127 cm³/mol. The fourth-order valence-corrected chi connectivity index (χ4v) is 5.07. The van der Waals surface area contributed by atoms with Crippen LogP contribution in [0.2, 0.25) is 5.02 Å². The molecule has 1 aliphatic rings. The van der Waals surface area contributed by atoms with Gasteiger partial charge in [0, 0.05) is 28.8 Å². The lowest BCUT2D eigenvalue weighted by Gasteiger charge is -2.22. The number of carbonyl (C=O) groups excluding carboxylic acids is 2. The minimum atomic E-state index is -5.26. The van der Waals surface area contributed by atoms with Crippen LogP contribution in [0.5, 0.6) is 5.88 Å². The van der Waals surface area contributed by atoms with Crippen LogP contribution in [0.4, 0.5) is 30.7 Å². The summed E-state index contributed by atoms with van der Waals surface area (Å²) in [5.41, 5.74) is 0.334. The third-order valence-corrected chi connectivity index (χ3v) is 6.66. The van der Waals surface area contributed by atoms with Crippen LogP contribution in [-0.4, -0.2) is 28.2 Å². The highest BCUT2D eigenvalue weighted by atomic mass is 35.5. The number of nitrogens with two attached hydrogens (primary N) is 1. The quantitative estimate of drug-likeness (QED) is 0.292. The highest BCUT2D eigenvalue weighted by Crippen LogP contribution is 2.49. The maximum atomic E-state index is 14.3. The van der Waals surface area contributed by atoms with Crippen LogP contribution in [0.3, 0.4) is 0 Å². The monoisotopic (exact) mass is 586 g/mol. The van der Waals surface area contributed by atoms with Crippen molar-refractivity contribution in [3.05, 3.63) is 80.9 Å². The molecule has 208 valence electrons. The fraction of sp³-hybridized carbons (Fsp3) is 0.160. The molecule has 1 aliphatic heterocycles. The Labute approximate surface area is 224 Å². The Morgan fingerprint density at radius 2 is 1.82 bits per heavy atom. The molecule has 5 rings (SSSR count). The van der Waals surface area contributed by atoms with Gasteiger partial charge in [0.05, 0.1) is 28.1 Å². The molecule has 3 aromatic carbocycles. The molecule has 40 heavy (non-hydrogen) atoms. The standard InChI is InChI=1S/C25H14ClF7N4O3/c1-37-23(40-24(29)30)13-7-11(16-12(21(34)38)5-9(28)6-14(16)25(31,32)33)17-18(20(13)36-37)22(39)35-19(17)10-4-8(27)2-3-15(10)26/h2-7,19,24H,1H3,(H2,34,38)(H,35,39). The Morgan fingerprint density at radius 3 is 2.45 bits per heavy atom. The van der Waals surface area contributed by atoms with E-state index in [0.717, 1.165) is 28.9 Å². The van der Waals surface area contributed by atoms with E-state index in [1.165, 1.54) is 7.05 Å². The molecule has 0 fully saturated rings. The van der Waals surface area contributed by atoms with Crippen molar-refractivity contribution in [2.24, 2.45) is 12.8 Å². The SMILES string of the molecule is Cn1nc2c3c(c(-c4c(C(N)=O)cc(F)cc4C(F)(F)F)cc2c1OC(F)F)C(c1cc(F)ccc1Cl)NC3=O. The molecule has 2 amide bonds. The number of halogens is 8. The zero-order valence-electron chi connectivity index (χ0n) is 19.8. The summed E-state index contributed by atoms with van der Waals surface area (Å²) in [6.07, 6.45) is -5.26. The van der Waals surface area contributed by atoms with E-state index in [1.807, 2.05) is 0 Å². The second-order valence-electron chi connectivity index (χ2n) is 8.73. The Bertz CT molecular complexity index is 1740. The number of rotatable bonds is 5. The Balaban J connectivity index is 2.00. The van der Waals surface area contributed by atoms with E-state index >= 15 is 0 Å². The van der Waals surface area contributed by atoms with E-state index < -0.39 is 70.4 Å².